The fourth-order valence-electron chi connectivity index (χ4n) is 4.01. The summed E-state index contributed by atoms with van der Waals surface area (Å²) in [4.78, 5) is 18.0. The molecule has 2 aromatic heterocycles. The number of esters is 1. The molecule has 35 heavy (non-hydrogen) atoms. The first-order valence-corrected chi connectivity index (χ1v) is 11.2. The Kier molecular flexibility index (Phi) is 6.17. The van der Waals surface area contributed by atoms with Gasteiger partial charge in [-0.15, -0.1) is 0 Å². The largest absolute Gasteiger partial charge is 0.459 e. The molecule has 8 heteroatoms. The molecule has 4 rings (SSSR count). The van der Waals surface area contributed by atoms with Crippen molar-refractivity contribution < 1.29 is 22.7 Å². The van der Waals surface area contributed by atoms with E-state index in [-0.39, 0.29) is 0 Å². The average Bonchev–Trinajstić information content (AvgIpc) is 3.22. The number of carbonyl (C=O) groups is 1. The second-order valence-electron chi connectivity index (χ2n) is 9.70. The van der Waals surface area contributed by atoms with E-state index >= 15 is 0 Å². The number of rotatable bonds is 5. The van der Waals surface area contributed by atoms with Crippen LogP contribution in [0.3, 0.4) is 0 Å². The van der Waals surface area contributed by atoms with Crippen molar-refractivity contribution in [3.63, 3.8) is 0 Å². The highest BCUT2D eigenvalue weighted by Gasteiger charge is 2.41. The zero-order valence-corrected chi connectivity index (χ0v) is 19.9. The average molecular weight is 482 g/mol. The van der Waals surface area contributed by atoms with Gasteiger partial charge in [0.05, 0.1) is 17.5 Å². The van der Waals surface area contributed by atoms with Gasteiger partial charge in [0, 0.05) is 11.8 Å². The lowest BCUT2D eigenvalue weighted by atomic mass is 9.80. The van der Waals surface area contributed by atoms with Gasteiger partial charge in [-0.3, -0.25) is 4.79 Å². The van der Waals surface area contributed by atoms with Gasteiger partial charge in [0.1, 0.15) is 11.0 Å². The number of alkyl halides is 3. The third-order valence-electron chi connectivity index (χ3n) is 5.74. The monoisotopic (exact) mass is 481 g/mol. The van der Waals surface area contributed by atoms with Crippen molar-refractivity contribution in [2.45, 2.75) is 51.3 Å². The van der Waals surface area contributed by atoms with Crippen LogP contribution in [0.25, 0.3) is 16.8 Å². The molecule has 0 fully saturated rings. The highest BCUT2D eigenvalue weighted by molar-refractivity contribution is 5.84. The predicted molar refractivity (Wildman–Crippen MR) is 127 cm³/mol. The van der Waals surface area contributed by atoms with Crippen LogP contribution in [-0.2, 0) is 27.5 Å². The third kappa shape index (κ3) is 5.06. The summed E-state index contributed by atoms with van der Waals surface area (Å²) in [6.45, 7) is 7.24. The quantitative estimate of drug-likeness (QED) is 0.316. The number of nitrogens with zero attached hydrogens (tertiary/aromatic N) is 3. The van der Waals surface area contributed by atoms with Crippen molar-refractivity contribution >= 4 is 11.6 Å². The maximum Gasteiger partial charge on any atom is 0.416 e. The molecular weight excluding hydrogens is 455 g/mol. The zero-order valence-electron chi connectivity index (χ0n) is 19.9. The van der Waals surface area contributed by atoms with E-state index in [2.05, 4.69) is 10.1 Å². The maximum atomic E-state index is 13.5. The minimum absolute atomic E-state index is 0.358. The first kappa shape index (κ1) is 24.4. The minimum atomic E-state index is -4.42. The summed E-state index contributed by atoms with van der Waals surface area (Å²) in [5.41, 5.74) is 0.513. The van der Waals surface area contributed by atoms with Crippen LogP contribution in [0.5, 0.6) is 0 Å². The molecule has 0 aliphatic heterocycles. The lowest BCUT2D eigenvalue weighted by Gasteiger charge is -2.32. The van der Waals surface area contributed by atoms with Crippen molar-refractivity contribution in [1.29, 1.82) is 0 Å². The highest BCUT2D eigenvalue weighted by atomic mass is 19.4. The fourth-order valence-corrected chi connectivity index (χ4v) is 4.01. The van der Waals surface area contributed by atoms with E-state index in [1.54, 1.807) is 23.0 Å². The van der Waals surface area contributed by atoms with E-state index < -0.39 is 28.7 Å². The van der Waals surface area contributed by atoms with Gasteiger partial charge in [0.15, 0.2) is 5.65 Å². The van der Waals surface area contributed by atoms with Crippen LogP contribution in [-0.4, -0.2) is 26.2 Å². The van der Waals surface area contributed by atoms with Gasteiger partial charge < -0.3 is 4.74 Å². The molecule has 0 saturated heterocycles. The number of carbonyl (C=O) groups excluding carboxylic acids is 1. The number of hydrogen-bond donors (Lipinski definition) is 0. The van der Waals surface area contributed by atoms with Gasteiger partial charge >= 0.3 is 12.1 Å². The van der Waals surface area contributed by atoms with Gasteiger partial charge in [-0.1, -0.05) is 42.5 Å². The summed E-state index contributed by atoms with van der Waals surface area (Å²) in [6.07, 6.45) is -0.935. The molecule has 0 radical (unpaired) electrons. The maximum absolute atomic E-state index is 13.5. The van der Waals surface area contributed by atoms with Gasteiger partial charge in [-0.25, -0.2) is 9.50 Å². The number of halogens is 3. The van der Waals surface area contributed by atoms with Crippen LogP contribution < -0.4 is 0 Å². The van der Waals surface area contributed by atoms with Crippen LogP contribution in [0, 0.1) is 0 Å². The number of hydrogen-bond acceptors (Lipinski definition) is 4. The Morgan fingerprint density at radius 3 is 2.20 bits per heavy atom. The molecule has 1 unspecified atom stereocenters. The van der Waals surface area contributed by atoms with E-state index in [9.17, 15) is 18.0 Å². The van der Waals surface area contributed by atoms with E-state index in [4.69, 9.17) is 4.74 Å². The third-order valence-corrected chi connectivity index (χ3v) is 5.74. The topological polar surface area (TPSA) is 56.5 Å². The van der Waals surface area contributed by atoms with Crippen molar-refractivity contribution in [1.82, 2.24) is 14.6 Å². The van der Waals surface area contributed by atoms with Crippen molar-refractivity contribution in [3.8, 4) is 11.1 Å². The van der Waals surface area contributed by atoms with Crippen molar-refractivity contribution in [2.75, 3.05) is 0 Å². The molecule has 0 aliphatic rings. The summed E-state index contributed by atoms with van der Waals surface area (Å²) in [6, 6.07) is 16.2. The molecule has 4 aromatic rings. The van der Waals surface area contributed by atoms with Crippen LogP contribution in [0.15, 0.2) is 73.1 Å². The Balaban J connectivity index is 1.82. The lowest BCUT2D eigenvalue weighted by molar-refractivity contribution is -0.161. The Hall–Kier alpha value is -3.68. The van der Waals surface area contributed by atoms with Gasteiger partial charge in [0.25, 0.3) is 0 Å². The molecule has 0 saturated carbocycles. The summed E-state index contributed by atoms with van der Waals surface area (Å²) < 4.78 is 46.4. The lowest BCUT2D eigenvalue weighted by Crippen LogP contribution is -2.42. The summed E-state index contributed by atoms with van der Waals surface area (Å²) >= 11 is 0. The molecule has 0 N–H and O–H groups in total. The molecule has 5 nitrogen and oxygen atoms in total. The van der Waals surface area contributed by atoms with Crippen molar-refractivity contribution in [3.05, 3.63) is 89.9 Å². The fraction of sp³-hybridized carbons (Fsp3) is 0.296. The Morgan fingerprint density at radius 2 is 1.60 bits per heavy atom. The Bertz CT molecular complexity index is 1340. The minimum Gasteiger partial charge on any atom is -0.459 e. The highest BCUT2D eigenvalue weighted by Crippen LogP contribution is 2.35. The molecule has 0 spiro atoms. The van der Waals surface area contributed by atoms with Crippen LogP contribution >= 0.6 is 0 Å². The van der Waals surface area contributed by atoms with E-state index in [0.29, 0.717) is 28.9 Å². The molecule has 0 aliphatic carbocycles. The standard InChI is InChI=1S/C27H26F3N3O2/c1-25(2,3)35-24(34)26(4,16-18-8-6-5-7-9-18)22-14-15-31-23-21(17-32-33(22)23)19-10-12-20(13-11-19)27(28,29)30/h5-15,17H,16H2,1-4H3. The number of aromatic nitrogens is 3. The Morgan fingerprint density at radius 1 is 0.943 bits per heavy atom. The predicted octanol–water partition coefficient (Wildman–Crippen LogP) is 6.26. The second-order valence-corrected chi connectivity index (χ2v) is 9.70. The Labute approximate surface area is 201 Å². The molecule has 2 aromatic carbocycles. The van der Waals surface area contributed by atoms with E-state index in [0.717, 1.165) is 17.7 Å². The van der Waals surface area contributed by atoms with Gasteiger partial charge in [0.2, 0.25) is 0 Å². The summed E-state index contributed by atoms with van der Waals surface area (Å²) in [7, 11) is 0. The molecule has 1 atom stereocenters. The number of benzene rings is 2. The van der Waals surface area contributed by atoms with Crippen LogP contribution in [0.2, 0.25) is 0 Å². The van der Waals surface area contributed by atoms with Crippen molar-refractivity contribution in [2.24, 2.45) is 0 Å². The summed E-state index contributed by atoms with van der Waals surface area (Å²) in [5, 5.41) is 4.48. The smallest absolute Gasteiger partial charge is 0.416 e. The molecular formula is C27H26F3N3O2. The molecule has 2 heterocycles. The number of fused-ring (bicyclic) bond motifs is 1. The van der Waals surface area contributed by atoms with E-state index in [1.165, 1.54) is 12.1 Å². The summed E-state index contributed by atoms with van der Waals surface area (Å²) in [5.74, 6) is -0.409. The van der Waals surface area contributed by atoms with E-state index in [1.807, 2.05) is 58.0 Å². The second kappa shape index (κ2) is 8.83. The zero-order chi connectivity index (χ0) is 25.4. The molecule has 0 amide bonds. The normalized spacial score (nSPS) is 14.0. The first-order chi connectivity index (χ1) is 16.4. The van der Waals surface area contributed by atoms with Gasteiger partial charge in [-0.2, -0.15) is 18.3 Å². The molecule has 0 bridgehead atoms. The number of ether oxygens (including phenoxy) is 1. The SMILES string of the molecule is CC(C)(C)OC(=O)C(C)(Cc1ccccc1)c1ccnc2c(-c3ccc(C(F)(F)F)cc3)cnn12. The van der Waals surface area contributed by atoms with Gasteiger partial charge in [-0.05, 0) is 63.4 Å². The van der Waals surface area contributed by atoms with Crippen LogP contribution in [0.1, 0.15) is 44.5 Å². The van der Waals surface area contributed by atoms with Crippen LogP contribution in [0.4, 0.5) is 13.2 Å². The first-order valence-electron chi connectivity index (χ1n) is 11.2. The molecule has 182 valence electrons.